The van der Waals surface area contributed by atoms with E-state index in [1.165, 1.54) is 4.88 Å². The molecule has 5 rings (SSSR count). The summed E-state index contributed by atoms with van der Waals surface area (Å²) < 4.78 is 6.53. The van der Waals surface area contributed by atoms with Crippen LogP contribution in [0.25, 0.3) is 32.5 Å². The Morgan fingerprint density at radius 3 is 2.76 bits per heavy atom. The van der Waals surface area contributed by atoms with Gasteiger partial charge in [0, 0.05) is 34.4 Å². The SMILES string of the molecule is c1cncc(-c2ccc3ncc(-c4cccs4)c(OCC4CCNCC4)c3c2)c1. The molecule has 0 bridgehead atoms. The molecule has 1 N–H and O–H groups in total. The molecule has 146 valence electrons. The van der Waals surface area contributed by atoms with Crippen LogP contribution in [0.5, 0.6) is 5.75 Å². The number of nitrogens with one attached hydrogen (secondary N) is 1. The molecule has 1 fully saturated rings. The van der Waals surface area contributed by atoms with E-state index in [1.807, 2.05) is 18.5 Å². The lowest BCUT2D eigenvalue weighted by molar-refractivity contribution is 0.218. The number of aromatic nitrogens is 2. The minimum Gasteiger partial charge on any atom is -0.492 e. The van der Waals surface area contributed by atoms with Gasteiger partial charge < -0.3 is 10.1 Å². The molecule has 4 aromatic rings. The Bertz CT molecular complexity index is 1090. The van der Waals surface area contributed by atoms with Crippen LogP contribution in [0.4, 0.5) is 0 Å². The predicted molar refractivity (Wildman–Crippen MR) is 119 cm³/mol. The normalized spacial score (nSPS) is 14.9. The molecule has 1 aliphatic rings. The molecule has 0 amide bonds. The lowest BCUT2D eigenvalue weighted by Crippen LogP contribution is -2.30. The first kappa shape index (κ1) is 18.3. The van der Waals surface area contributed by atoms with Crippen LogP contribution in [0, 0.1) is 5.92 Å². The van der Waals surface area contributed by atoms with E-state index < -0.39 is 0 Å². The molecule has 29 heavy (non-hydrogen) atoms. The molecule has 0 atom stereocenters. The number of thiophene rings is 1. The summed E-state index contributed by atoms with van der Waals surface area (Å²) in [5, 5.41) is 6.59. The van der Waals surface area contributed by atoms with Crippen LogP contribution in [0.1, 0.15) is 12.8 Å². The maximum absolute atomic E-state index is 6.53. The highest BCUT2D eigenvalue weighted by Gasteiger charge is 2.18. The number of piperidine rings is 1. The maximum Gasteiger partial charge on any atom is 0.138 e. The summed E-state index contributed by atoms with van der Waals surface area (Å²) >= 11 is 1.72. The summed E-state index contributed by atoms with van der Waals surface area (Å²) in [5.41, 5.74) is 4.26. The molecule has 4 heterocycles. The molecular weight excluding hydrogens is 378 g/mol. The maximum atomic E-state index is 6.53. The van der Waals surface area contributed by atoms with Crippen LogP contribution in [0.3, 0.4) is 0 Å². The molecule has 0 spiro atoms. The van der Waals surface area contributed by atoms with E-state index in [0.29, 0.717) is 5.92 Å². The van der Waals surface area contributed by atoms with E-state index in [9.17, 15) is 0 Å². The summed E-state index contributed by atoms with van der Waals surface area (Å²) in [6.45, 7) is 2.90. The lowest BCUT2D eigenvalue weighted by atomic mass is 9.99. The Kier molecular flexibility index (Phi) is 5.24. The van der Waals surface area contributed by atoms with Gasteiger partial charge in [-0.15, -0.1) is 11.3 Å². The summed E-state index contributed by atoms with van der Waals surface area (Å²) in [4.78, 5) is 10.2. The molecule has 0 saturated carbocycles. The van der Waals surface area contributed by atoms with Gasteiger partial charge in [0.25, 0.3) is 0 Å². The van der Waals surface area contributed by atoms with E-state index in [-0.39, 0.29) is 0 Å². The third kappa shape index (κ3) is 3.88. The van der Waals surface area contributed by atoms with Gasteiger partial charge in [-0.1, -0.05) is 18.2 Å². The van der Waals surface area contributed by atoms with Crippen LogP contribution in [0.2, 0.25) is 0 Å². The molecule has 0 unspecified atom stereocenters. The van der Waals surface area contributed by atoms with E-state index >= 15 is 0 Å². The van der Waals surface area contributed by atoms with Gasteiger partial charge in [-0.3, -0.25) is 9.97 Å². The summed E-state index contributed by atoms with van der Waals surface area (Å²) in [6.07, 6.45) is 7.98. The number of pyridine rings is 2. The monoisotopic (exact) mass is 401 g/mol. The lowest BCUT2D eigenvalue weighted by Gasteiger charge is -2.23. The van der Waals surface area contributed by atoms with Crippen molar-refractivity contribution in [1.29, 1.82) is 0 Å². The summed E-state index contributed by atoms with van der Waals surface area (Å²) in [7, 11) is 0. The molecule has 0 aliphatic carbocycles. The van der Waals surface area contributed by atoms with Crippen LogP contribution in [-0.2, 0) is 0 Å². The Morgan fingerprint density at radius 2 is 1.97 bits per heavy atom. The van der Waals surface area contributed by atoms with Crippen molar-refractivity contribution in [2.45, 2.75) is 12.8 Å². The first-order chi connectivity index (χ1) is 14.4. The highest BCUT2D eigenvalue weighted by molar-refractivity contribution is 7.13. The van der Waals surface area contributed by atoms with Crippen LogP contribution < -0.4 is 10.1 Å². The van der Waals surface area contributed by atoms with Gasteiger partial charge in [0.05, 0.1) is 17.7 Å². The van der Waals surface area contributed by atoms with Crippen LogP contribution in [-0.4, -0.2) is 29.7 Å². The first-order valence-electron chi connectivity index (χ1n) is 10.1. The minimum absolute atomic E-state index is 0.595. The largest absolute Gasteiger partial charge is 0.492 e. The molecule has 0 radical (unpaired) electrons. The molecule has 1 saturated heterocycles. The van der Waals surface area contributed by atoms with Crippen LogP contribution >= 0.6 is 11.3 Å². The zero-order chi connectivity index (χ0) is 19.5. The smallest absolute Gasteiger partial charge is 0.138 e. The summed E-state index contributed by atoms with van der Waals surface area (Å²) in [5.74, 6) is 1.54. The van der Waals surface area contributed by atoms with Crippen molar-refractivity contribution in [3.63, 3.8) is 0 Å². The van der Waals surface area contributed by atoms with Gasteiger partial charge in [-0.05, 0) is 67.1 Å². The third-order valence-corrected chi connectivity index (χ3v) is 6.43. The van der Waals surface area contributed by atoms with Crippen molar-refractivity contribution >= 4 is 22.2 Å². The fourth-order valence-corrected chi connectivity index (χ4v) is 4.63. The minimum atomic E-state index is 0.595. The fourth-order valence-electron chi connectivity index (χ4n) is 3.89. The van der Waals surface area contributed by atoms with Gasteiger partial charge in [-0.25, -0.2) is 0 Å². The molecule has 3 aromatic heterocycles. The number of hydrogen-bond acceptors (Lipinski definition) is 5. The number of ether oxygens (including phenoxy) is 1. The first-order valence-corrected chi connectivity index (χ1v) is 11.0. The van der Waals surface area contributed by atoms with Gasteiger partial charge in [0.15, 0.2) is 0 Å². The molecular formula is C24H23N3OS. The Balaban J connectivity index is 1.59. The van der Waals surface area contributed by atoms with Crippen molar-refractivity contribution in [1.82, 2.24) is 15.3 Å². The Morgan fingerprint density at radius 1 is 1.03 bits per heavy atom. The fraction of sp³-hybridized carbons (Fsp3) is 0.250. The number of fused-ring (bicyclic) bond motifs is 1. The molecule has 1 aliphatic heterocycles. The quantitative estimate of drug-likeness (QED) is 0.486. The number of rotatable bonds is 5. The van der Waals surface area contributed by atoms with Gasteiger partial charge >= 0.3 is 0 Å². The van der Waals surface area contributed by atoms with E-state index in [2.05, 4.69) is 52.1 Å². The topological polar surface area (TPSA) is 47.0 Å². The molecule has 1 aromatic carbocycles. The third-order valence-electron chi connectivity index (χ3n) is 5.52. The Labute approximate surface area is 174 Å². The van der Waals surface area contributed by atoms with E-state index in [1.54, 1.807) is 17.5 Å². The van der Waals surface area contributed by atoms with Crippen molar-refractivity contribution in [3.05, 3.63) is 66.4 Å². The average Bonchev–Trinajstić information content (AvgIpc) is 3.33. The average molecular weight is 402 g/mol. The highest BCUT2D eigenvalue weighted by Crippen LogP contribution is 2.39. The second kappa shape index (κ2) is 8.31. The number of benzene rings is 1. The zero-order valence-electron chi connectivity index (χ0n) is 16.2. The van der Waals surface area contributed by atoms with Crippen molar-refractivity contribution in [2.75, 3.05) is 19.7 Å². The number of hydrogen-bond donors (Lipinski definition) is 1. The van der Waals surface area contributed by atoms with E-state index in [0.717, 1.165) is 65.9 Å². The van der Waals surface area contributed by atoms with E-state index in [4.69, 9.17) is 9.72 Å². The standard InChI is InChI=1S/C24H23N3OS/c1-3-19(14-26-9-1)18-5-6-22-20(13-18)24(28-16-17-7-10-25-11-8-17)21(15-27-22)23-4-2-12-29-23/h1-6,9,12-15,17,25H,7-8,10-11,16H2. The van der Waals surface area contributed by atoms with Gasteiger partial charge in [0.1, 0.15) is 5.75 Å². The van der Waals surface area contributed by atoms with Gasteiger partial charge in [-0.2, -0.15) is 0 Å². The molecule has 5 heteroatoms. The zero-order valence-corrected chi connectivity index (χ0v) is 17.0. The molecule has 4 nitrogen and oxygen atoms in total. The summed E-state index contributed by atoms with van der Waals surface area (Å²) in [6, 6.07) is 14.6. The second-order valence-electron chi connectivity index (χ2n) is 7.46. The predicted octanol–water partition coefficient (Wildman–Crippen LogP) is 5.40. The number of nitrogens with zero attached hydrogens (tertiary/aromatic N) is 2. The second-order valence-corrected chi connectivity index (χ2v) is 8.40. The van der Waals surface area contributed by atoms with Crippen molar-refractivity contribution in [3.8, 4) is 27.3 Å². The van der Waals surface area contributed by atoms with Gasteiger partial charge in [0.2, 0.25) is 0 Å². The van der Waals surface area contributed by atoms with Crippen molar-refractivity contribution in [2.24, 2.45) is 5.92 Å². The van der Waals surface area contributed by atoms with Crippen LogP contribution in [0.15, 0.2) is 66.4 Å². The Hall–Kier alpha value is -2.76. The highest BCUT2D eigenvalue weighted by atomic mass is 32.1. The van der Waals surface area contributed by atoms with Crippen molar-refractivity contribution < 1.29 is 4.74 Å².